The third-order valence-corrected chi connectivity index (χ3v) is 3.57. The molecule has 0 aliphatic rings. The van der Waals surface area contributed by atoms with Crippen molar-refractivity contribution in [3.8, 4) is 0 Å². The van der Waals surface area contributed by atoms with Gasteiger partial charge in [0.25, 0.3) is 0 Å². The molecule has 22 heavy (non-hydrogen) atoms. The van der Waals surface area contributed by atoms with E-state index in [1.54, 1.807) is 0 Å². The van der Waals surface area contributed by atoms with Crippen LogP contribution < -0.4 is 21.3 Å². The highest BCUT2D eigenvalue weighted by Crippen LogP contribution is 2.41. The molecule has 0 atom stereocenters. The summed E-state index contributed by atoms with van der Waals surface area (Å²) < 4.78 is 4.41. The van der Waals surface area contributed by atoms with E-state index in [0.29, 0.717) is 0 Å². The van der Waals surface area contributed by atoms with E-state index in [1.807, 2.05) is 0 Å². The Hall–Kier alpha value is -1.48. The Morgan fingerprint density at radius 1 is 1.14 bits per heavy atom. The predicted octanol–water partition coefficient (Wildman–Crippen LogP) is 3.45. The zero-order valence-electron chi connectivity index (χ0n) is 11.3. The number of anilines is 2. The van der Waals surface area contributed by atoms with Gasteiger partial charge in [-0.1, -0.05) is 34.8 Å². The minimum absolute atomic E-state index is 0.0616. The van der Waals surface area contributed by atoms with Crippen molar-refractivity contribution in [3.63, 3.8) is 0 Å². The topological polar surface area (TPSA) is 91.5 Å². The van der Waals surface area contributed by atoms with Crippen LogP contribution in [0.3, 0.4) is 0 Å². The molecule has 0 aliphatic heterocycles. The fourth-order valence-corrected chi connectivity index (χ4v) is 2.19. The highest BCUT2D eigenvalue weighted by Gasteiger charge is 2.18. The lowest BCUT2D eigenvalue weighted by molar-refractivity contribution is 0.177. The van der Waals surface area contributed by atoms with E-state index in [2.05, 4.69) is 26.0 Å². The summed E-state index contributed by atoms with van der Waals surface area (Å²) in [6.45, 7) is 0. The van der Waals surface area contributed by atoms with Crippen LogP contribution in [0, 0.1) is 0 Å². The predicted molar refractivity (Wildman–Crippen MR) is 91.3 cm³/mol. The molecule has 0 unspecified atom stereocenters. The number of benzene rings is 1. The molecule has 11 heteroatoms. The smallest absolute Gasteiger partial charge is 0.413 e. The van der Waals surface area contributed by atoms with Crippen LogP contribution in [0.15, 0.2) is 6.07 Å². The molecule has 0 saturated heterocycles. The molecule has 4 N–H and O–H groups in total. The molecule has 1 rings (SSSR count). The monoisotopic (exact) mass is 384 g/mol. The minimum Gasteiger partial charge on any atom is -0.453 e. The number of carbonyl (C=O) groups is 2. The Kier molecular flexibility index (Phi) is 6.95. The number of halogens is 3. The summed E-state index contributed by atoms with van der Waals surface area (Å²) in [5.74, 6) is 0. The third-order valence-electron chi connectivity index (χ3n) is 2.28. The Morgan fingerprint density at radius 2 is 1.77 bits per heavy atom. The van der Waals surface area contributed by atoms with Crippen molar-refractivity contribution in [2.24, 2.45) is 0 Å². The summed E-state index contributed by atoms with van der Waals surface area (Å²) in [6.07, 6.45) is -0.775. The largest absolute Gasteiger partial charge is 0.453 e. The molecule has 0 heterocycles. The van der Waals surface area contributed by atoms with Crippen LogP contribution in [0.4, 0.5) is 21.0 Å². The van der Waals surface area contributed by atoms with Crippen molar-refractivity contribution in [2.75, 3.05) is 24.8 Å². The quantitative estimate of drug-likeness (QED) is 0.462. The van der Waals surface area contributed by atoms with E-state index in [-0.39, 0.29) is 31.6 Å². The van der Waals surface area contributed by atoms with Gasteiger partial charge in [-0.15, -0.1) is 0 Å². The second-order valence-corrected chi connectivity index (χ2v) is 5.28. The standard InChI is InChI=1S/C11H11Cl3N4O3S/c1-15-9(19)16-7-5(13)3-4(12)6(14)8(7)17-10(22)18-11(20)21-2/h3H,1-2H3,(H2,15,16,19)(H2,17,18,20,22). The van der Waals surface area contributed by atoms with Crippen LogP contribution in [0.1, 0.15) is 0 Å². The Bertz CT molecular complexity index is 627. The van der Waals surface area contributed by atoms with E-state index in [4.69, 9.17) is 47.0 Å². The van der Waals surface area contributed by atoms with Crippen molar-refractivity contribution in [3.05, 3.63) is 21.1 Å². The van der Waals surface area contributed by atoms with Gasteiger partial charge in [-0.3, -0.25) is 5.32 Å². The lowest BCUT2D eigenvalue weighted by atomic mass is 10.2. The molecule has 0 radical (unpaired) electrons. The van der Waals surface area contributed by atoms with Gasteiger partial charge < -0.3 is 20.7 Å². The van der Waals surface area contributed by atoms with E-state index in [9.17, 15) is 9.59 Å². The van der Waals surface area contributed by atoms with Crippen molar-refractivity contribution in [2.45, 2.75) is 0 Å². The first-order valence-electron chi connectivity index (χ1n) is 5.62. The average Bonchev–Trinajstić information content (AvgIpc) is 2.47. The number of hydrogen-bond acceptors (Lipinski definition) is 4. The maximum absolute atomic E-state index is 11.5. The first-order valence-corrected chi connectivity index (χ1v) is 7.16. The fourth-order valence-electron chi connectivity index (χ4n) is 1.30. The molecule has 0 saturated carbocycles. The lowest BCUT2D eigenvalue weighted by Crippen LogP contribution is -2.34. The van der Waals surface area contributed by atoms with Gasteiger partial charge in [0.2, 0.25) is 0 Å². The molecule has 0 fully saturated rings. The van der Waals surface area contributed by atoms with Crippen molar-refractivity contribution < 1.29 is 14.3 Å². The van der Waals surface area contributed by atoms with E-state index in [0.717, 1.165) is 0 Å². The number of rotatable bonds is 2. The molecule has 1 aromatic carbocycles. The van der Waals surface area contributed by atoms with Crippen molar-refractivity contribution in [1.82, 2.24) is 10.6 Å². The van der Waals surface area contributed by atoms with Gasteiger partial charge in [-0.05, 0) is 18.3 Å². The van der Waals surface area contributed by atoms with E-state index < -0.39 is 12.1 Å². The molecular weight excluding hydrogens is 375 g/mol. The first-order chi connectivity index (χ1) is 10.3. The number of thiocarbonyl (C=S) groups is 1. The van der Waals surface area contributed by atoms with Crippen LogP contribution in [0.2, 0.25) is 15.1 Å². The SMILES string of the molecule is CNC(=O)Nc1c(Cl)cc(Cl)c(Cl)c1NC(=S)NC(=O)OC. The van der Waals surface area contributed by atoms with Crippen LogP contribution in [-0.4, -0.2) is 31.4 Å². The zero-order valence-corrected chi connectivity index (χ0v) is 14.4. The second-order valence-electron chi connectivity index (χ2n) is 3.68. The van der Waals surface area contributed by atoms with Crippen molar-refractivity contribution >= 4 is 75.6 Å². The Morgan fingerprint density at radius 3 is 2.32 bits per heavy atom. The Labute approximate surface area is 146 Å². The highest BCUT2D eigenvalue weighted by molar-refractivity contribution is 7.80. The number of amides is 3. The number of methoxy groups -OCH3 is 1. The molecule has 1 aromatic rings. The van der Waals surface area contributed by atoms with Crippen molar-refractivity contribution in [1.29, 1.82) is 0 Å². The van der Waals surface area contributed by atoms with Gasteiger partial charge in [0.1, 0.15) is 0 Å². The van der Waals surface area contributed by atoms with Crippen LogP contribution in [-0.2, 0) is 4.74 Å². The summed E-state index contributed by atoms with van der Waals surface area (Å²) in [4.78, 5) is 22.6. The van der Waals surface area contributed by atoms with Crippen LogP contribution in [0.25, 0.3) is 0 Å². The normalized spacial score (nSPS) is 9.68. The van der Waals surface area contributed by atoms with Gasteiger partial charge in [0.15, 0.2) is 5.11 Å². The molecule has 3 amide bonds. The molecule has 0 spiro atoms. The molecule has 0 aliphatic carbocycles. The number of urea groups is 1. The summed E-state index contributed by atoms with van der Waals surface area (Å²) in [5, 5.41) is 9.90. The van der Waals surface area contributed by atoms with Crippen LogP contribution >= 0.6 is 47.0 Å². The maximum atomic E-state index is 11.5. The van der Waals surface area contributed by atoms with E-state index >= 15 is 0 Å². The zero-order chi connectivity index (χ0) is 16.9. The minimum atomic E-state index is -0.775. The van der Waals surface area contributed by atoms with Gasteiger partial charge in [0.05, 0.1) is 33.6 Å². The average molecular weight is 386 g/mol. The number of carbonyl (C=O) groups excluding carboxylic acids is 2. The maximum Gasteiger partial charge on any atom is 0.413 e. The van der Waals surface area contributed by atoms with Gasteiger partial charge >= 0.3 is 12.1 Å². The number of hydrogen-bond donors (Lipinski definition) is 4. The lowest BCUT2D eigenvalue weighted by Gasteiger charge is -2.17. The molecule has 120 valence electrons. The molecule has 0 aromatic heterocycles. The molecule has 0 bridgehead atoms. The fraction of sp³-hybridized carbons (Fsp3) is 0.182. The second kappa shape index (κ2) is 8.23. The molecular formula is C11H11Cl3N4O3S. The highest BCUT2D eigenvalue weighted by atomic mass is 35.5. The summed E-state index contributed by atoms with van der Waals surface area (Å²) in [5.41, 5.74) is 0.272. The molecule has 7 nitrogen and oxygen atoms in total. The van der Waals surface area contributed by atoms with Gasteiger partial charge in [-0.25, -0.2) is 9.59 Å². The summed E-state index contributed by atoms with van der Waals surface area (Å²) >= 11 is 23.0. The third kappa shape index (κ3) is 4.77. The number of alkyl carbamates (subject to hydrolysis) is 1. The van der Waals surface area contributed by atoms with Crippen LogP contribution in [0.5, 0.6) is 0 Å². The first kappa shape index (κ1) is 18.6. The van der Waals surface area contributed by atoms with Gasteiger partial charge in [0, 0.05) is 7.05 Å². The number of nitrogens with one attached hydrogen (secondary N) is 4. The summed E-state index contributed by atoms with van der Waals surface area (Å²) in [6, 6.07) is 0.828. The Balaban J connectivity index is 3.17. The van der Waals surface area contributed by atoms with E-state index in [1.165, 1.54) is 20.2 Å². The number of ether oxygens (including phenoxy) is 1. The summed E-state index contributed by atoms with van der Waals surface area (Å²) in [7, 11) is 2.61. The van der Waals surface area contributed by atoms with Gasteiger partial charge in [-0.2, -0.15) is 0 Å².